The first kappa shape index (κ1) is 19.9. The maximum Gasteiger partial charge on any atom is 0.243 e. The van der Waals surface area contributed by atoms with Gasteiger partial charge in [0.1, 0.15) is 0 Å². The topological polar surface area (TPSA) is 72.6 Å². The summed E-state index contributed by atoms with van der Waals surface area (Å²) in [6.45, 7) is 2.29. The Morgan fingerprint density at radius 1 is 1.23 bits per heavy atom. The lowest BCUT2D eigenvalue weighted by Gasteiger charge is -2.31. The lowest BCUT2D eigenvalue weighted by Crippen LogP contribution is -2.40. The van der Waals surface area contributed by atoms with Crippen LogP contribution in [-0.2, 0) is 14.8 Å². The molecule has 0 amide bonds. The number of piperidine rings is 1. The van der Waals surface area contributed by atoms with Crippen LogP contribution in [0.25, 0.3) is 0 Å². The van der Waals surface area contributed by atoms with Crippen LogP contribution in [0.3, 0.4) is 0 Å². The van der Waals surface area contributed by atoms with Gasteiger partial charge in [0.05, 0.1) is 11.0 Å². The average Bonchev–Trinajstić information content (AvgIpc) is 2.48. The van der Waals surface area contributed by atoms with Gasteiger partial charge >= 0.3 is 0 Å². The van der Waals surface area contributed by atoms with Crippen LogP contribution in [0.1, 0.15) is 19.3 Å². The summed E-state index contributed by atoms with van der Waals surface area (Å²) in [5.41, 5.74) is 5.43. The van der Waals surface area contributed by atoms with Crippen LogP contribution < -0.4 is 5.73 Å². The predicted molar refractivity (Wildman–Crippen MR) is 92.8 cm³/mol. The van der Waals surface area contributed by atoms with E-state index < -0.39 is 10.0 Å². The molecule has 1 aliphatic heterocycles. The zero-order valence-electron chi connectivity index (χ0n) is 12.3. The van der Waals surface area contributed by atoms with Gasteiger partial charge in [-0.3, -0.25) is 0 Å². The number of rotatable bonds is 6. The highest BCUT2D eigenvalue weighted by molar-refractivity contribution is 9.10. The summed E-state index contributed by atoms with van der Waals surface area (Å²) in [4.78, 5) is 0.341. The first-order valence-electron chi connectivity index (χ1n) is 7.11. The third-order valence-corrected chi connectivity index (χ3v) is 6.00. The van der Waals surface area contributed by atoms with Gasteiger partial charge in [-0.25, -0.2) is 8.42 Å². The van der Waals surface area contributed by atoms with Crippen LogP contribution in [-0.4, -0.2) is 45.1 Å². The summed E-state index contributed by atoms with van der Waals surface area (Å²) in [6.07, 6.45) is 2.46. The van der Waals surface area contributed by atoms with Crippen LogP contribution in [0.2, 0.25) is 0 Å². The summed E-state index contributed by atoms with van der Waals surface area (Å²) in [5, 5.41) is 0. The van der Waals surface area contributed by atoms with Gasteiger partial charge < -0.3 is 10.5 Å². The zero-order chi connectivity index (χ0) is 15.3. The number of ether oxygens (including phenoxy) is 1. The van der Waals surface area contributed by atoms with E-state index in [1.807, 2.05) is 0 Å². The Bertz CT molecular complexity index is 546. The fourth-order valence-electron chi connectivity index (χ4n) is 2.33. The van der Waals surface area contributed by atoms with Gasteiger partial charge in [-0.1, -0.05) is 15.9 Å². The largest absolute Gasteiger partial charge is 0.378 e. The molecule has 0 bridgehead atoms. The second kappa shape index (κ2) is 9.20. The van der Waals surface area contributed by atoms with Crippen molar-refractivity contribution in [1.82, 2.24) is 4.31 Å². The van der Waals surface area contributed by atoms with E-state index in [1.54, 1.807) is 28.6 Å². The highest BCUT2D eigenvalue weighted by atomic mass is 79.9. The molecule has 1 aliphatic rings. The molecule has 0 aromatic heterocycles. The van der Waals surface area contributed by atoms with Crippen molar-refractivity contribution in [3.63, 3.8) is 0 Å². The standard InChI is InChI=1S/C14H21BrN2O3S.ClH/c15-12-2-4-14(5-3-12)21(18,19)17-9-6-13(7-10-17)20-11-1-8-16;/h2-5,13H,1,6-11,16H2;1H. The summed E-state index contributed by atoms with van der Waals surface area (Å²) in [6, 6.07) is 6.75. The molecule has 126 valence electrons. The first-order valence-corrected chi connectivity index (χ1v) is 9.35. The average molecular weight is 414 g/mol. The van der Waals surface area contributed by atoms with E-state index in [1.165, 1.54) is 0 Å². The lowest BCUT2D eigenvalue weighted by molar-refractivity contribution is 0.0209. The Labute approximate surface area is 146 Å². The molecule has 0 aliphatic carbocycles. The molecule has 22 heavy (non-hydrogen) atoms. The van der Waals surface area contributed by atoms with E-state index in [0.717, 1.165) is 23.7 Å². The molecule has 1 fully saturated rings. The van der Waals surface area contributed by atoms with E-state index in [2.05, 4.69) is 15.9 Å². The zero-order valence-corrected chi connectivity index (χ0v) is 15.5. The van der Waals surface area contributed by atoms with E-state index >= 15 is 0 Å². The van der Waals surface area contributed by atoms with Crippen LogP contribution in [0, 0.1) is 0 Å². The molecule has 0 spiro atoms. The van der Waals surface area contributed by atoms with Gasteiger partial charge in [0, 0.05) is 24.2 Å². The van der Waals surface area contributed by atoms with Crippen molar-refractivity contribution in [1.29, 1.82) is 0 Å². The van der Waals surface area contributed by atoms with E-state index in [0.29, 0.717) is 31.1 Å². The molecule has 1 aromatic carbocycles. The predicted octanol–water partition coefficient (Wildman–Crippen LogP) is 2.39. The maximum absolute atomic E-state index is 12.5. The molecule has 0 atom stereocenters. The summed E-state index contributed by atoms with van der Waals surface area (Å²) in [7, 11) is -3.39. The van der Waals surface area contributed by atoms with Crippen LogP contribution >= 0.6 is 28.3 Å². The third kappa shape index (κ3) is 5.18. The number of halogens is 2. The number of benzene rings is 1. The van der Waals surface area contributed by atoms with Crippen molar-refractivity contribution in [2.75, 3.05) is 26.2 Å². The number of sulfonamides is 1. The molecule has 1 saturated heterocycles. The highest BCUT2D eigenvalue weighted by Crippen LogP contribution is 2.23. The number of hydrogen-bond donors (Lipinski definition) is 1. The molecule has 0 radical (unpaired) electrons. The number of nitrogens with zero attached hydrogens (tertiary/aromatic N) is 1. The lowest BCUT2D eigenvalue weighted by atomic mass is 10.1. The molecule has 1 aromatic rings. The van der Waals surface area contributed by atoms with Crippen molar-refractivity contribution in [3.05, 3.63) is 28.7 Å². The van der Waals surface area contributed by atoms with Crippen LogP contribution in [0.5, 0.6) is 0 Å². The Morgan fingerprint density at radius 2 is 1.82 bits per heavy atom. The Kier molecular flexibility index (Phi) is 8.31. The number of nitrogens with two attached hydrogens (primary N) is 1. The van der Waals surface area contributed by atoms with Crippen molar-refractivity contribution in [2.45, 2.75) is 30.3 Å². The van der Waals surface area contributed by atoms with E-state index in [-0.39, 0.29) is 18.5 Å². The number of hydrogen-bond acceptors (Lipinski definition) is 4. The minimum atomic E-state index is -3.39. The van der Waals surface area contributed by atoms with Crippen molar-refractivity contribution >= 4 is 38.4 Å². The molecule has 0 unspecified atom stereocenters. The van der Waals surface area contributed by atoms with E-state index in [4.69, 9.17) is 10.5 Å². The van der Waals surface area contributed by atoms with Gasteiger partial charge in [-0.15, -0.1) is 12.4 Å². The van der Waals surface area contributed by atoms with Crippen LogP contribution in [0.4, 0.5) is 0 Å². The van der Waals surface area contributed by atoms with Gasteiger partial charge in [0.15, 0.2) is 0 Å². The van der Waals surface area contributed by atoms with Crippen molar-refractivity contribution in [2.24, 2.45) is 5.73 Å². The van der Waals surface area contributed by atoms with Crippen LogP contribution in [0.15, 0.2) is 33.6 Å². The minimum Gasteiger partial charge on any atom is -0.378 e. The van der Waals surface area contributed by atoms with E-state index in [9.17, 15) is 8.42 Å². The second-order valence-electron chi connectivity index (χ2n) is 5.07. The van der Waals surface area contributed by atoms with Gasteiger partial charge in [0.25, 0.3) is 0 Å². The van der Waals surface area contributed by atoms with Gasteiger partial charge in [0.2, 0.25) is 10.0 Å². The highest BCUT2D eigenvalue weighted by Gasteiger charge is 2.29. The smallest absolute Gasteiger partial charge is 0.243 e. The summed E-state index contributed by atoms with van der Waals surface area (Å²) in [5.74, 6) is 0. The van der Waals surface area contributed by atoms with Gasteiger partial charge in [-0.05, 0) is 50.1 Å². The van der Waals surface area contributed by atoms with Crippen molar-refractivity contribution < 1.29 is 13.2 Å². The molecule has 2 N–H and O–H groups in total. The van der Waals surface area contributed by atoms with Crippen molar-refractivity contribution in [3.8, 4) is 0 Å². The second-order valence-corrected chi connectivity index (χ2v) is 7.92. The Hall–Kier alpha value is -0.180. The molecular weight excluding hydrogens is 392 g/mol. The monoisotopic (exact) mass is 412 g/mol. The first-order chi connectivity index (χ1) is 10.0. The quantitative estimate of drug-likeness (QED) is 0.727. The SMILES string of the molecule is Cl.NCCCOC1CCN(S(=O)(=O)c2ccc(Br)cc2)CC1. The normalized spacial score (nSPS) is 17.2. The Morgan fingerprint density at radius 3 is 2.36 bits per heavy atom. The molecule has 0 saturated carbocycles. The third-order valence-electron chi connectivity index (χ3n) is 3.55. The van der Waals surface area contributed by atoms with Gasteiger partial charge in [-0.2, -0.15) is 4.31 Å². The summed E-state index contributed by atoms with van der Waals surface area (Å²) >= 11 is 3.31. The molecule has 8 heteroatoms. The molecular formula is C14H22BrClN2O3S. The summed E-state index contributed by atoms with van der Waals surface area (Å²) < 4.78 is 33.1. The molecule has 5 nitrogen and oxygen atoms in total. The molecule has 2 rings (SSSR count). The Balaban J connectivity index is 0.00000242. The minimum absolute atomic E-state index is 0. The fourth-order valence-corrected chi connectivity index (χ4v) is 4.06. The maximum atomic E-state index is 12.5. The fraction of sp³-hybridized carbons (Fsp3) is 0.571. The molecule has 1 heterocycles.